The molecule has 1 rings (SSSR count). The van der Waals surface area contributed by atoms with Gasteiger partial charge < -0.3 is 0 Å². The van der Waals surface area contributed by atoms with Crippen LogP contribution in [0.15, 0.2) is 23.1 Å². The van der Waals surface area contributed by atoms with Crippen molar-refractivity contribution in [3.05, 3.63) is 28.2 Å². The van der Waals surface area contributed by atoms with Crippen LogP contribution in [-0.2, 0) is 10.0 Å². The lowest BCUT2D eigenvalue weighted by atomic mass is 10.4. The van der Waals surface area contributed by atoms with Crippen LogP contribution in [0.3, 0.4) is 0 Å². The number of nitrogens with one attached hydrogen (secondary N) is 1. The molecular formula is C8H6Cl2N2O2S. The van der Waals surface area contributed by atoms with Crippen LogP contribution < -0.4 is 4.72 Å². The van der Waals surface area contributed by atoms with Gasteiger partial charge in [0, 0.05) is 0 Å². The van der Waals surface area contributed by atoms with Gasteiger partial charge in [-0.15, -0.1) is 0 Å². The molecule has 0 saturated heterocycles. The first-order valence-corrected chi connectivity index (χ1v) is 6.03. The predicted molar refractivity (Wildman–Crippen MR) is 57.3 cm³/mol. The lowest BCUT2D eigenvalue weighted by Gasteiger charge is -2.06. The van der Waals surface area contributed by atoms with Crippen LogP contribution in [0.25, 0.3) is 0 Å². The molecule has 7 heteroatoms. The third-order valence-electron chi connectivity index (χ3n) is 1.55. The summed E-state index contributed by atoms with van der Waals surface area (Å²) < 4.78 is 25.2. The second-order valence-corrected chi connectivity index (χ2v) is 5.06. The Kier molecular flexibility index (Phi) is 3.94. The zero-order valence-electron chi connectivity index (χ0n) is 7.37. The van der Waals surface area contributed by atoms with Crippen molar-refractivity contribution in [1.29, 1.82) is 5.26 Å². The molecule has 1 aromatic rings. The maximum atomic E-state index is 11.6. The Morgan fingerprint density at radius 1 is 1.40 bits per heavy atom. The summed E-state index contributed by atoms with van der Waals surface area (Å²) in [5.74, 6) is 0. The molecule has 0 aromatic heterocycles. The van der Waals surface area contributed by atoms with Crippen molar-refractivity contribution in [3.8, 4) is 6.07 Å². The van der Waals surface area contributed by atoms with Gasteiger partial charge >= 0.3 is 0 Å². The number of rotatable bonds is 3. The number of nitrogens with zero attached hydrogens (tertiary/aromatic N) is 1. The maximum Gasteiger partial charge on any atom is 0.243 e. The molecule has 4 nitrogen and oxygen atoms in total. The Morgan fingerprint density at radius 2 is 2.07 bits per heavy atom. The molecule has 0 bridgehead atoms. The fourth-order valence-electron chi connectivity index (χ4n) is 0.897. The van der Waals surface area contributed by atoms with Gasteiger partial charge in [-0.25, -0.2) is 8.42 Å². The van der Waals surface area contributed by atoms with Crippen molar-refractivity contribution in [2.24, 2.45) is 0 Å². The van der Waals surface area contributed by atoms with Gasteiger partial charge in [-0.2, -0.15) is 9.98 Å². The number of nitriles is 1. The van der Waals surface area contributed by atoms with E-state index < -0.39 is 10.0 Å². The molecule has 0 aliphatic heterocycles. The molecule has 80 valence electrons. The first-order chi connectivity index (χ1) is 6.99. The van der Waals surface area contributed by atoms with E-state index in [1.165, 1.54) is 18.2 Å². The van der Waals surface area contributed by atoms with E-state index in [-0.39, 0.29) is 21.5 Å². The van der Waals surface area contributed by atoms with Crippen molar-refractivity contribution in [2.45, 2.75) is 4.90 Å². The highest BCUT2D eigenvalue weighted by Gasteiger charge is 2.18. The molecule has 0 fully saturated rings. The summed E-state index contributed by atoms with van der Waals surface area (Å²) in [7, 11) is -3.76. The Morgan fingerprint density at radius 3 is 2.67 bits per heavy atom. The zero-order valence-corrected chi connectivity index (χ0v) is 9.70. The van der Waals surface area contributed by atoms with Gasteiger partial charge in [0.25, 0.3) is 0 Å². The highest BCUT2D eigenvalue weighted by atomic mass is 35.5. The monoisotopic (exact) mass is 264 g/mol. The summed E-state index contributed by atoms with van der Waals surface area (Å²) in [5, 5.41) is 8.36. The molecule has 0 heterocycles. The molecule has 0 radical (unpaired) electrons. The van der Waals surface area contributed by atoms with Crippen LogP contribution >= 0.6 is 23.2 Å². The van der Waals surface area contributed by atoms with E-state index in [2.05, 4.69) is 4.72 Å². The van der Waals surface area contributed by atoms with Gasteiger partial charge in [0.2, 0.25) is 10.0 Å². The summed E-state index contributed by atoms with van der Waals surface area (Å²) in [5.41, 5.74) is 0. The van der Waals surface area contributed by atoms with Crippen LogP contribution in [0.5, 0.6) is 0 Å². The molecule has 15 heavy (non-hydrogen) atoms. The number of benzene rings is 1. The van der Waals surface area contributed by atoms with Gasteiger partial charge in [-0.3, -0.25) is 0 Å². The molecule has 0 spiro atoms. The van der Waals surface area contributed by atoms with Gasteiger partial charge in [-0.05, 0) is 12.1 Å². The molecule has 1 aromatic carbocycles. The van der Waals surface area contributed by atoms with E-state index in [9.17, 15) is 8.42 Å². The number of hydrogen-bond acceptors (Lipinski definition) is 3. The summed E-state index contributed by atoms with van der Waals surface area (Å²) >= 11 is 11.4. The Hall–Kier alpha value is -0.800. The van der Waals surface area contributed by atoms with Gasteiger partial charge in [0.15, 0.2) is 0 Å². The number of halogens is 2. The zero-order chi connectivity index (χ0) is 11.5. The molecule has 0 saturated carbocycles. The van der Waals surface area contributed by atoms with Crippen molar-refractivity contribution < 1.29 is 8.42 Å². The molecule has 0 amide bonds. The second kappa shape index (κ2) is 4.81. The van der Waals surface area contributed by atoms with Crippen LogP contribution in [-0.4, -0.2) is 15.0 Å². The number of hydrogen-bond donors (Lipinski definition) is 1. The molecule has 0 atom stereocenters. The summed E-state index contributed by atoms with van der Waals surface area (Å²) in [6.07, 6.45) is 0. The lowest BCUT2D eigenvalue weighted by molar-refractivity contribution is 0.586. The highest BCUT2D eigenvalue weighted by Crippen LogP contribution is 2.28. The van der Waals surface area contributed by atoms with Crippen molar-refractivity contribution in [3.63, 3.8) is 0 Å². The van der Waals surface area contributed by atoms with Gasteiger partial charge in [0.05, 0.1) is 22.7 Å². The predicted octanol–water partition coefficient (Wildman–Crippen LogP) is 1.80. The second-order valence-electron chi connectivity index (χ2n) is 2.53. The van der Waals surface area contributed by atoms with Crippen molar-refractivity contribution in [2.75, 3.05) is 6.54 Å². The Bertz CT molecular complexity index is 508. The molecule has 0 unspecified atom stereocenters. The standard InChI is InChI=1S/C8H6Cl2N2O2S/c9-6-2-1-3-7(8(6)10)15(13,14)12-5-4-11/h1-3,12H,5H2. The van der Waals surface area contributed by atoms with E-state index in [0.29, 0.717) is 0 Å². The van der Waals surface area contributed by atoms with Gasteiger partial charge in [0.1, 0.15) is 4.90 Å². The first kappa shape index (κ1) is 12.3. The van der Waals surface area contributed by atoms with Crippen molar-refractivity contribution >= 4 is 33.2 Å². The Balaban J connectivity index is 3.17. The third kappa shape index (κ3) is 2.83. The van der Waals surface area contributed by atoms with Crippen LogP contribution in [0.1, 0.15) is 0 Å². The topological polar surface area (TPSA) is 70.0 Å². The minimum atomic E-state index is -3.76. The van der Waals surface area contributed by atoms with Crippen LogP contribution in [0, 0.1) is 11.3 Å². The fourth-order valence-corrected chi connectivity index (χ4v) is 2.57. The molecule has 0 aliphatic rings. The largest absolute Gasteiger partial charge is 0.243 e. The van der Waals surface area contributed by atoms with Crippen molar-refractivity contribution in [1.82, 2.24) is 4.72 Å². The van der Waals surface area contributed by atoms with E-state index >= 15 is 0 Å². The summed E-state index contributed by atoms with van der Waals surface area (Å²) in [4.78, 5) is -0.132. The SMILES string of the molecule is N#CCNS(=O)(=O)c1cccc(Cl)c1Cl. The van der Waals surface area contributed by atoms with E-state index in [4.69, 9.17) is 28.5 Å². The first-order valence-electron chi connectivity index (χ1n) is 3.79. The van der Waals surface area contributed by atoms with Crippen LogP contribution in [0.2, 0.25) is 10.0 Å². The third-order valence-corrected chi connectivity index (χ3v) is 3.92. The van der Waals surface area contributed by atoms with E-state index in [1.54, 1.807) is 6.07 Å². The maximum absolute atomic E-state index is 11.6. The van der Waals surface area contributed by atoms with E-state index in [0.717, 1.165) is 0 Å². The smallest absolute Gasteiger partial charge is 0.207 e. The molecule has 0 aliphatic carbocycles. The van der Waals surface area contributed by atoms with E-state index in [1.807, 2.05) is 0 Å². The fraction of sp³-hybridized carbons (Fsp3) is 0.125. The minimum Gasteiger partial charge on any atom is -0.207 e. The molecular weight excluding hydrogens is 259 g/mol. The molecule has 1 N–H and O–H groups in total. The minimum absolute atomic E-state index is 0.0513. The average molecular weight is 265 g/mol. The lowest BCUT2D eigenvalue weighted by Crippen LogP contribution is -2.24. The highest BCUT2D eigenvalue weighted by molar-refractivity contribution is 7.89. The van der Waals surface area contributed by atoms with Crippen LogP contribution in [0.4, 0.5) is 0 Å². The normalized spacial score (nSPS) is 11.0. The quantitative estimate of drug-likeness (QED) is 0.847. The average Bonchev–Trinajstić information content (AvgIpc) is 2.19. The number of sulfonamides is 1. The summed E-state index contributed by atoms with van der Waals surface area (Å²) in [6.45, 7) is -0.314. The Labute approximate surface area is 97.5 Å². The summed E-state index contributed by atoms with van der Waals surface area (Å²) in [6, 6.07) is 5.92. The van der Waals surface area contributed by atoms with Gasteiger partial charge in [-0.1, -0.05) is 29.3 Å².